The van der Waals surface area contributed by atoms with Crippen LogP contribution in [0.1, 0.15) is 17.8 Å². The molecule has 0 amide bonds. The number of halogens is 1. The average molecular weight is 612 g/mol. The maximum Gasteiger partial charge on any atom is 0.301 e. The molecule has 0 radical (unpaired) electrons. The summed E-state index contributed by atoms with van der Waals surface area (Å²) in [4.78, 5) is 3.03. The van der Waals surface area contributed by atoms with Crippen molar-refractivity contribution in [1.29, 1.82) is 0 Å². The number of benzene rings is 3. The van der Waals surface area contributed by atoms with Gasteiger partial charge in [0.1, 0.15) is 4.70 Å². The van der Waals surface area contributed by atoms with Gasteiger partial charge in [0.25, 0.3) is 15.1 Å². The molecule has 200 valence electrons. The first-order chi connectivity index (χ1) is 18.2. The summed E-state index contributed by atoms with van der Waals surface area (Å²) in [6.45, 7) is 1.08. The van der Waals surface area contributed by atoms with Gasteiger partial charge in [0.2, 0.25) is 5.52 Å². The van der Waals surface area contributed by atoms with Gasteiger partial charge in [0.15, 0.2) is 6.54 Å². The van der Waals surface area contributed by atoms with Gasteiger partial charge in [0.05, 0.1) is 34.5 Å². The number of hydrogen-bond donors (Lipinski definition) is 2. The number of fused-ring (bicyclic) bond motifs is 4. The van der Waals surface area contributed by atoms with Crippen LogP contribution in [0.3, 0.4) is 0 Å². The van der Waals surface area contributed by atoms with Crippen LogP contribution < -0.4 is 9.47 Å². The maximum atomic E-state index is 11.3. The molecule has 0 spiro atoms. The van der Waals surface area contributed by atoms with E-state index in [1.807, 2.05) is 35.2 Å². The number of thiazole rings is 1. The number of nitrogens with zero attached hydrogens (tertiary/aromatic N) is 2. The third-order valence-electron chi connectivity index (χ3n) is 6.05. The SMILES string of the molecule is O=S(O)OCCC[n+]1c(C=C2Sc3ccc(Cl)cc3N2CCCS(=O)(=O)O)sc2ccc3ccccc3c21. The lowest BCUT2D eigenvalue weighted by atomic mass is 10.1. The monoisotopic (exact) mass is 611 g/mol. The third-order valence-corrected chi connectivity index (χ3v) is 9.66. The molecule has 13 heteroatoms. The number of hydrogen-bond acceptors (Lipinski definition) is 7. The lowest BCUT2D eigenvalue weighted by Crippen LogP contribution is -2.36. The quantitative estimate of drug-likeness (QED) is 0.101. The fraction of sp³-hybridized carbons (Fsp3) is 0.240. The Bertz CT molecular complexity index is 1670. The molecule has 1 unspecified atom stereocenters. The van der Waals surface area contributed by atoms with Crippen molar-refractivity contribution in [2.45, 2.75) is 24.3 Å². The van der Waals surface area contributed by atoms with Gasteiger partial charge in [-0.15, -0.1) is 0 Å². The van der Waals surface area contributed by atoms with Gasteiger partial charge in [-0.1, -0.05) is 59.0 Å². The van der Waals surface area contributed by atoms with Crippen LogP contribution in [-0.4, -0.2) is 40.6 Å². The van der Waals surface area contributed by atoms with E-state index in [-0.39, 0.29) is 18.8 Å². The first kappa shape index (κ1) is 27.5. The summed E-state index contributed by atoms with van der Waals surface area (Å²) in [6.07, 6.45) is 2.86. The molecule has 2 N–H and O–H groups in total. The molecule has 0 bridgehead atoms. The molecule has 8 nitrogen and oxygen atoms in total. The summed E-state index contributed by atoms with van der Waals surface area (Å²) in [6, 6.07) is 18.0. The molecular formula is C25H24ClN2O6S4+. The molecule has 0 fully saturated rings. The standard InChI is InChI=1S/C25H23ClN2O6S4/c26-18-8-10-21-20(15-18)27(12-4-14-38(31,32)33)23(35-21)16-24-28(11-3-13-34-37(29)30)25-19-6-2-1-5-17(19)7-9-22(25)36-24/h1-2,5-10,15-16H,3-4,11-14H2,(H-,29,30,31,32,33)/p+1. The van der Waals surface area contributed by atoms with Crippen LogP contribution in [0.25, 0.3) is 27.1 Å². The Morgan fingerprint density at radius 2 is 1.95 bits per heavy atom. The zero-order chi connectivity index (χ0) is 26.9. The van der Waals surface area contributed by atoms with E-state index >= 15 is 0 Å². The molecule has 0 saturated heterocycles. The van der Waals surface area contributed by atoms with Gasteiger partial charge in [-0.25, -0.2) is 0 Å². The van der Waals surface area contributed by atoms with E-state index < -0.39 is 21.5 Å². The van der Waals surface area contributed by atoms with Crippen LogP contribution in [0.2, 0.25) is 5.02 Å². The minimum atomic E-state index is -4.07. The molecule has 4 aromatic rings. The highest BCUT2D eigenvalue weighted by molar-refractivity contribution is 8.04. The van der Waals surface area contributed by atoms with Gasteiger partial charge in [0, 0.05) is 22.9 Å². The zero-order valence-electron chi connectivity index (χ0n) is 19.9. The number of anilines is 1. The molecule has 2 heterocycles. The highest BCUT2D eigenvalue weighted by Crippen LogP contribution is 2.48. The number of thioether (sulfide) groups is 1. The Kier molecular flexibility index (Phi) is 8.41. The minimum absolute atomic E-state index is 0.134. The van der Waals surface area contributed by atoms with E-state index in [0.717, 1.165) is 41.6 Å². The summed E-state index contributed by atoms with van der Waals surface area (Å²) < 4.78 is 60.0. The highest BCUT2D eigenvalue weighted by atomic mass is 35.5. The minimum Gasteiger partial charge on any atom is -0.335 e. The van der Waals surface area contributed by atoms with Gasteiger partial charge in [-0.05, 0) is 42.1 Å². The van der Waals surface area contributed by atoms with Gasteiger partial charge >= 0.3 is 11.4 Å². The van der Waals surface area contributed by atoms with Crippen molar-refractivity contribution in [3.63, 3.8) is 0 Å². The summed E-state index contributed by atoms with van der Waals surface area (Å²) in [5.74, 6) is -0.335. The van der Waals surface area contributed by atoms with E-state index in [9.17, 15) is 17.2 Å². The predicted octanol–water partition coefficient (Wildman–Crippen LogP) is 5.73. The van der Waals surface area contributed by atoms with Crippen molar-refractivity contribution in [2.75, 3.05) is 23.8 Å². The van der Waals surface area contributed by atoms with E-state index in [1.54, 1.807) is 23.1 Å². The summed E-state index contributed by atoms with van der Waals surface area (Å²) in [5, 5.41) is 4.69. The van der Waals surface area contributed by atoms with E-state index in [4.69, 9.17) is 20.3 Å². The second-order valence-electron chi connectivity index (χ2n) is 8.61. The van der Waals surface area contributed by atoms with Gasteiger partial charge in [-0.2, -0.15) is 17.2 Å². The van der Waals surface area contributed by atoms with Crippen LogP contribution >= 0.6 is 34.7 Å². The van der Waals surface area contributed by atoms with Crippen molar-refractivity contribution in [2.24, 2.45) is 0 Å². The summed E-state index contributed by atoms with van der Waals surface area (Å²) in [7, 11) is -4.07. The molecule has 0 aliphatic carbocycles. The second-order valence-corrected chi connectivity index (χ2v) is 13.4. The molecule has 1 atom stereocenters. The Morgan fingerprint density at radius 1 is 1.13 bits per heavy atom. The van der Waals surface area contributed by atoms with E-state index in [2.05, 4.69) is 34.9 Å². The fourth-order valence-corrected chi connectivity index (χ4v) is 7.72. The number of aryl methyl sites for hydroxylation is 1. The molecule has 0 saturated carbocycles. The Morgan fingerprint density at radius 3 is 2.74 bits per heavy atom. The molecular weight excluding hydrogens is 588 g/mol. The molecule has 1 aromatic heterocycles. The Labute approximate surface area is 236 Å². The maximum absolute atomic E-state index is 11.3. The third kappa shape index (κ3) is 6.23. The van der Waals surface area contributed by atoms with Crippen molar-refractivity contribution in [3.8, 4) is 0 Å². The molecule has 1 aliphatic heterocycles. The first-order valence-electron chi connectivity index (χ1n) is 11.7. The number of aromatic nitrogens is 1. The first-order valence-corrected chi connectivity index (χ1v) is 16.3. The Balaban J connectivity index is 1.57. The molecule has 3 aromatic carbocycles. The number of rotatable bonds is 10. The predicted molar refractivity (Wildman–Crippen MR) is 155 cm³/mol. The Hall–Kier alpha value is -2.03. The van der Waals surface area contributed by atoms with Crippen LogP contribution in [0, 0.1) is 0 Å². The van der Waals surface area contributed by atoms with Crippen molar-refractivity contribution in [1.82, 2.24) is 0 Å². The van der Waals surface area contributed by atoms with Crippen LogP contribution in [-0.2, 0) is 32.2 Å². The highest BCUT2D eigenvalue weighted by Gasteiger charge is 2.29. The molecule has 5 rings (SSSR count). The van der Waals surface area contributed by atoms with Gasteiger partial charge in [-0.3, -0.25) is 13.3 Å². The normalized spacial score (nSPS) is 15.6. The fourth-order valence-electron chi connectivity index (χ4n) is 4.48. The lowest BCUT2D eigenvalue weighted by Gasteiger charge is -2.20. The van der Waals surface area contributed by atoms with Gasteiger partial charge < -0.3 is 4.90 Å². The van der Waals surface area contributed by atoms with E-state index in [1.165, 1.54) is 0 Å². The topological polar surface area (TPSA) is 108 Å². The smallest absolute Gasteiger partial charge is 0.301 e. The van der Waals surface area contributed by atoms with Crippen LogP contribution in [0.15, 0.2) is 64.5 Å². The zero-order valence-corrected chi connectivity index (χ0v) is 24.0. The molecule has 38 heavy (non-hydrogen) atoms. The van der Waals surface area contributed by atoms with Crippen LogP contribution in [0.5, 0.6) is 0 Å². The molecule has 1 aliphatic rings. The van der Waals surface area contributed by atoms with Crippen molar-refractivity contribution in [3.05, 3.63) is 69.7 Å². The largest absolute Gasteiger partial charge is 0.335 e. The lowest BCUT2D eigenvalue weighted by molar-refractivity contribution is -0.668. The van der Waals surface area contributed by atoms with Crippen molar-refractivity contribution >= 4 is 88.9 Å². The van der Waals surface area contributed by atoms with Crippen LogP contribution in [0.4, 0.5) is 5.69 Å². The van der Waals surface area contributed by atoms with Crippen molar-refractivity contribution < 1.29 is 30.5 Å². The van der Waals surface area contributed by atoms with E-state index in [0.29, 0.717) is 24.5 Å². The summed E-state index contributed by atoms with van der Waals surface area (Å²) in [5.41, 5.74) is 1.97. The summed E-state index contributed by atoms with van der Waals surface area (Å²) >= 11 is 7.18. The average Bonchev–Trinajstić information content (AvgIpc) is 3.38. The second kappa shape index (κ2) is 11.6.